The third-order valence-electron chi connectivity index (χ3n) is 6.75. The van der Waals surface area contributed by atoms with Crippen molar-refractivity contribution in [1.29, 1.82) is 0 Å². The second-order valence-electron chi connectivity index (χ2n) is 9.44. The zero-order chi connectivity index (χ0) is 22.0. The van der Waals surface area contributed by atoms with E-state index in [2.05, 4.69) is 61.8 Å². The Bertz CT molecular complexity index is 927. The Hall–Kier alpha value is -2.43. The molecule has 1 saturated carbocycles. The molecular weight excluding hydrogens is 384 g/mol. The molecule has 2 aromatic rings. The van der Waals surface area contributed by atoms with Crippen LogP contribution in [0.5, 0.6) is 0 Å². The number of hydrogen-bond acceptors (Lipinski definition) is 4. The van der Waals surface area contributed by atoms with Gasteiger partial charge in [-0.05, 0) is 31.7 Å². The second kappa shape index (κ2) is 9.37. The molecule has 4 rings (SSSR count). The summed E-state index contributed by atoms with van der Waals surface area (Å²) in [4.78, 5) is 27.2. The Balaban J connectivity index is 1.61. The van der Waals surface area contributed by atoms with Crippen LogP contribution in [0.15, 0.2) is 24.3 Å². The minimum absolute atomic E-state index is 0.279. The maximum atomic E-state index is 12.7. The topological polar surface area (TPSA) is 49.3 Å². The number of amides is 1. The van der Waals surface area contributed by atoms with Gasteiger partial charge in [-0.15, -0.1) is 0 Å². The van der Waals surface area contributed by atoms with Gasteiger partial charge < -0.3 is 9.80 Å². The highest BCUT2D eigenvalue weighted by Crippen LogP contribution is 2.31. The molecule has 2 aliphatic rings. The van der Waals surface area contributed by atoms with Crippen LogP contribution in [0, 0.1) is 12.8 Å². The summed E-state index contributed by atoms with van der Waals surface area (Å²) in [6.07, 6.45) is 5.10. The minimum atomic E-state index is 0.279. The number of rotatable bonds is 6. The fourth-order valence-electron chi connectivity index (χ4n) is 4.61. The van der Waals surface area contributed by atoms with Crippen LogP contribution in [0.1, 0.15) is 74.2 Å². The molecule has 5 nitrogen and oxygen atoms in total. The van der Waals surface area contributed by atoms with Crippen LogP contribution >= 0.6 is 0 Å². The van der Waals surface area contributed by atoms with Gasteiger partial charge in [-0.3, -0.25) is 4.79 Å². The van der Waals surface area contributed by atoms with E-state index in [1.54, 1.807) is 0 Å². The normalized spacial score (nSPS) is 17.2. The molecule has 1 saturated heterocycles. The van der Waals surface area contributed by atoms with Gasteiger partial charge in [-0.1, -0.05) is 57.0 Å². The smallest absolute Gasteiger partial charge is 0.225 e. The van der Waals surface area contributed by atoms with Gasteiger partial charge in [0.15, 0.2) is 0 Å². The predicted molar refractivity (Wildman–Crippen MR) is 126 cm³/mol. The molecule has 0 atom stereocenters. The summed E-state index contributed by atoms with van der Waals surface area (Å²) in [5, 5.41) is 0. The summed E-state index contributed by atoms with van der Waals surface area (Å²) >= 11 is 0. The lowest BCUT2D eigenvalue weighted by atomic mass is 9.84. The van der Waals surface area contributed by atoms with Crippen LogP contribution in [0.2, 0.25) is 0 Å². The van der Waals surface area contributed by atoms with Crippen molar-refractivity contribution < 1.29 is 4.79 Å². The summed E-state index contributed by atoms with van der Waals surface area (Å²) in [7, 11) is 0. The molecular formula is C26H36N4O. The standard InChI is InChI=1S/C26H36N4O/c1-5-23-22(17-20-9-6-8-19(4)16-20)25(28-24(27-23)18(2)3)29-12-14-30(15-13-29)26(31)21-10-7-11-21/h6,8-9,16,18,21H,5,7,10-15,17H2,1-4H3. The lowest BCUT2D eigenvalue weighted by molar-refractivity contribution is -0.138. The van der Waals surface area contributed by atoms with Crippen molar-refractivity contribution in [3.05, 3.63) is 52.5 Å². The van der Waals surface area contributed by atoms with Crippen molar-refractivity contribution >= 4 is 11.7 Å². The van der Waals surface area contributed by atoms with Gasteiger partial charge in [0, 0.05) is 55.7 Å². The molecule has 2 heterocycles. The second-order valence-corrected chi connectivity index (χ2v) is 9.44. The van der Waals surface area contributed by atoms with Crippen LogP contribution in [0.4, 0.5) is 5.82 Å². The van der Waals surface area contributed by atoms with Gasteiger partial charge >= 0.3 is 0 Å². The molecule has 166 valence electrons. The molecule has 0 spiro atoms. The van der Waals surface area contributed by atoms with Crippen molar-refractivity contribution in [2.45, 2.75) is 65.7 Å². The minimum Gasteiger partial charge on any atom is -0.353 e. The Morgan fingerprint density at radius 3 is 2.45 bits per heavy atom. The molecule has 5 heteroatoms. The molecule has 0 unspecified atom stereocenters. The first-order valence-corrected chi connectivity index (χ1v) is 11.9. The van der Waals surface area contributed by atoms with E-state index in [4.69, 9.17) is 9.97 Å². The Labute approximate surface area is 186 Å². The number of aryl methyl sites for hydroxylation is 2. The third-order valence-corrected chi connectivity index (χ3v) is 6.75. The van der Waals surface area contributed by atoms with E-state index in [1.165, 1.54) is 23.1 Å². The van der Waals surface area contributed by atoms with Crippen LogP contribution in [-0.4, -0.2) is 47.0 Å². The highest BCUT2D eigenvalue weighted by atomic mass is 16.2. The molecule has 2 fully saturated rings. The van der Waals surface area contributed by atoms with E-state index in [0.29, 0.717) is 11.8 Å². The summed E-state index contributed by atoms with van der Waals surface area (Å²) in [6.45, 7) is 11.9. The lowest BCUT2D eigenvalue weighted by Gasteiger charge is -2.39. The average Bonchev–Trinajstić information content (AvgIpc) is 2.72. The molecule has 0 N–H and O–H groups in total. The summed E-state index contributed by atoms with van der Waals surface area (Å²) in [5.74, 6) is 2.94. The highest BCUT2D eigenvalue weighted by Gasteiger charge is 2.32. The number of carbonyl (C=O) groups is 1. The maximum absolute atomic E-state index is 12.7. The van der Waals surface area contributed by atoms with E-state index in [9.17, 15) is 4.79 Å². The van der Waals surface area contributed by atoms with Gasteiger partial charge in [0.1, 0.15) is 11.6 Å². The maximum Gasteiger partial charge on any atom is 0.225 e. The van der Waals surface area contributed by atoms with E-state index in [-0.39, 0.29) is 5.92 Å². The molecule has 1 aromatic carbocycles. The zero-order valence-electron chi connectivity index (χ0n) is 19.5. The van der Waals surface area contributed by atoms with Crippen LogP contribution in [0.3, 0.4) is 0 Å². The van der Waals surface area contributed by atoms with Crippen LogP contribution in [-0.2, 0) is 17.6 Å². The van der Waals surface area contributed by atoms with Gasteiger partial charge in [-0.25, -0.2) is 9.97 Å². The van der Waals surface area contributed by atoms with Crippen molar-refractivity contribution in [1.82, 2.24) is 14.9 Å². The fraction of sp³-hybridized carbons (Fsp3) is 0.577. The molecule has 1 aliphatic carbocycles. The highest BCUT2D eigenvalue weighted by molar-refractivity contribution is 5.80. The monoisotopic (exact) mass is 420 g/mol. The quantitative estimate of drug-likeness (QED) is 0.690. The van der Waals surface area contributed by atoms with E-state index >= 15 is 0 Å². The van der Waals surface area contributed by atoms with Crippen molar-refractivity contribution in [2.75, 3.05) is 31.1 Å². The first kappa shape index (κ1) is 21.8. The summed E-state index contributed by atoms with van der Waals surface area (Å²) in [5.41, 5.74) is 4.98. The van der Waals surface area contributed by atoms with E-state index in [1.807, 2.05) is 0 Å². The zero-order valence-corrected chi connectivity index (χ0v) is 19.5. The molecule has 0 bridgehead atoms. The van der Waals surface area contributed by atoms with E-state index < -0.39 is 0 Å². The fourth-order valence-corrected chi connectivity index (χ4v) is 4.61. The number of carbonyl (C=O) groups excluding carboxylic acids is 1. The van der Waals surface area contributed by atoms with Gasteiger partial charge in [0.2, 0.25) is 5.91 Å². The van der Waals surface area contributed by atoms with E-state index in [0.717, 1.165) is 69.2 Å². The average molecular weight is 421 g/mol. The van der Waals surface area contributed by atoms with Gasteiger partial charge in [0.25, 0.3) is 0 Å². The van der Waals surface area contributed by atoms with Gasteiger partial charge in [0.05, 0.1) is 0 Å². The van der Waals surface area contributed by atoms with Crippen LogP contribution in [0.25, 0.3) is 0 Å². The number of nitrogens with zero attached hydrogens (tertiary/aromatic N) is 4. The number of benzene rings is 1. The molecule has 1 aromatic heterocycles. The summed E-state index contributed by atoms with van der Waals surface area (Å²) in [6, 6.07) is 8.72. The molecule has 31 heavy (non-hydrogen) atoms. The molecule has 1 amide bonds. The Morgan fingerprint density at radius 1 is 1.13 bits per heavy atom. The molecule has 1 aliphatic heterocycles. The largest absolute Gasteiger partial charge is 0.353 e. The Kier molecular flexibility index (Phi) is 6.59. The predicted octanol–water partition coefficient (Wildman–Crippen LogP) is 4.51. The first-order chi connectivity index (χ1) is 15.0. The lowest BCUT2D eigenvalue weighted by Crippen LogP contribution is -2.51. The Morgan fingerprint density at radius 2 is 1.87 bits per heavy atom. The number of anilines is 1. The van der Waals surface area contributed by atoms with Crippen molar-refractivity contribution in [3.63, 3.8) is 0 Å². The number of piperazine rings is 1. The van der Waals surface area contributed by atoms with Crippen molar-refractivity contribution in [2.24, 2.45) is 5.92 Å². The van der Waals surface area contributed by atoms with Gasteiger partial charge in [-0.2, -0.15) is 0 Å². The SMILES string of the molecule is CCc1nc(C(C)C)nc(N2CCN(C(=O)C3CCC3)CC2)c1Cc1cccc(C)c1. The third kappa shape index (κ3) is 4.76. The number of hydrogen-bond donors (Lipinski definition) is 0. The first-order valence-electron chi connectivity index (χ1n) is 11.9. The number of aromatic nitrogens is 2. The summed E-state index contributed by atoms with van der Waals surface area (Å²) < 4.78 is 0. The van der Waals surface area contributed by atoms with Crippen molar-refractivity contribution in [3.8, 4) is 0 Å². The molecule has 0 radical (unpaired) electrons. The van der Waals surface area contributed by atoms with Crippen LogP contribution < -0.4 is 4.90 Å².